The lowest BCUT2D eigenvalue weighted by Crippen LogP contribution is -2.57. The Morgan fingerprint density at radius 2 is 1.50 bits per heavy atom. The third kappa shape index (κ3) is 3.13. The Kier molecular flexibility index (Phi) is 5.24. The first kappa shape index (κ1) is 21.1. The summed E-state index contributed by atoms with van der Waals surface area (Å²) in [6, 6.07) is 8.13. The first-order chi connectivity index (χ1) is 15.5. The Balaban J connectivity index is 1.70. The van der Waals surface area contributed by atoms with Crippen molar-refractivity contribution in [3.05, 3.63) is 35.4 Å². The number of rotatable bonds is 5. The third-order valence-corrected chi connectivity index (χ3v) is 7.28. The molecule has 3 heterocycles. The fourth-order valence-corrected chi connectivity index (χ4v) is 5.43. The number of methoxy groups -OCH3 is 3. The van der Waals surface area contributed by atoms with Gasteiger partial charge in [0, 0.05) is 36.6 Å². The topological polar surface area (TPSA) is 58.6 Å². The lowest BCUT2D eigenvalue weighted by atomic mass is 9.73. The minimum Gasteiger partial charge on any atom is -0.493 e. The van der Waals surface area contributed by atoms with E-state index < -0.39 is 5.72 Å². The van der Waals surface area contributed by atoms with Gasteiger partial charge in [-0.15, -0.1) is 0 Å². The van der Waals surface area contributed by atoms with E-state index in [1.807, 2.05) is 18.2 Å². The normalized spacial score (nSPS) is 26.4. The number of hydrogen-bond donors (Lipinski definition) is 0. The second-order valence-electron chi connectivity index (χ2n) is 8.82. The highest BCUT2D eigenvalue weighted by Gasteiger charge is 2.50. The summed E-state index contributed by atoms with van der Waals surface area (Å²) in [5.74, 6) is 4.37. The van der Waals surface area contributed by atoms with Crippen molar-refractivity contribution in [3.63, 3.8) is 0 Å². The van der Waals surface area contributed by atoms with E-state index in [-0.39, 0.29) is 18.6 Å². The molecule has 0 amide bonds. The van der Waals surface area contributed by atoms with E-state index in [1.165, 1.54) is 12.8 Å². The summed E-state index contributed by atoms with van der Waals surface area (Å²) in [5, 5.41) is 0. The van der Waals surface area contributed by atoms with Gasteiger partial charge in [0.05, 0.1) is 21.3 Å². The lowest BCUT2D eigenvalue weighted by Gasteiger charge is -2.50. The molecule has 1 fully saturated rings. The summed E-state index contributed by atoms with van der Waals surface area (Å²) < 4.78 is 35.0. The fourth-order valence-electron chi connectivity index (χ4n) is 5.43. The van der Waals surface area contributed by atoms with Gasteiger partial charge in [0.1, 0.15) is 5.75 Å². The highest BCUT2D eigenvalue weighted by molar-refractivity contribution is 5.60. The molecule has 32 heavy (non-hydrogen) atoms. The molecule has 3 aliphatic rings. The van der Waals surface area contributed by atoms with E-state index >= 15 is 0 Å². The summed E-state index contributed by atoms with van der Waals surface area (Å²) >= 11 is 0. The Labute approximate surface area is 189 Å². The van der Waals surface area contributed by atoms with E-state index in [2.05, 4.69) is 24.8 Å². The van der Waals surface area contributed by atoms with Gasteiger partial charge in [-0.05, 0) is 43.5 Å². The zero-order chi connectivity index (χ0) is 22.5. The smallest absolute Gasteiger partial charge is 0.231 e. The molecule has 7 nitrogen and oxygen atoms in total. The summed E-state index contributed by atoms with van der Waals surface area (Å²) in [7, 11) is 4.92. The second-order valence-corrected chi connectivity index (χ2v) is 8.82. The summed E-state index contributed by atoms with van der Waals surface area (Å²) in [5.41, 5.74) is 1.70. The molecular formula is C25H31NO6. The number of fused-ring (bicyclic) bond motifs is 2. The molecule has 0 bridgehead atoms. The molecule has 2 aromatic carbocycles. The van der Waals surface area contributed by atoms with E-state index in [0.717, 1.165) is 41.5 Å². The molecule has 0 radical (unpaired) electrons. The van der Waals surface area contributed by atoms with Crippen molar-refractivity contribution in [2.24, 2.45) is 5.92 Å². The van der Waals surface area contributed by atoms with Crippen LogP contribution in [0.4, 0.5) is 0 Å². The molecule has 5 rings (SSSR count). The highest BCUT2D eigenvalue weighted by atomic mass is 16.7. The summed E-state index contributed by atoms with van der Waals surface area (Å²) in [6.07, 6.45) is 2.38. The predicted octanol–water partition coefficient (Wildman–Crippen LogP) is 4.41. The molecule has 172 valence electrons. The van der Waals surface area contributed by atoms with Crippen molar-refractivity contribution in [2.45, 2.75) is 38.3 Å². The molecular weight excluding hydrogens is 410 g/mol. The maximum atomic E-state index is 6.75. The van der Waals surface area contributed by atoms with Crippen LogP contribution in [0.2, 0.25) is 0 Å². The molecule has 0 aliphatic carbocycles. The molecule has 0 N–H and O–H groups in total. The van der Waals surface area contributed by atoms with Crippen LogP contribution in [0.15, 0.2) is 24.3 Å². The monoisotopic (exact) mass is 441 g/mol. The van der Waals surface area contributed by atoms with Crippen LogP contribution in [-0.2, 0) is 0 Å². The first-order valence-corrected chi connectivity index (χ1v) is 11.2. The Morgan fingerprint density at radius 1 is 0.875 bits per heavy atom. The predicted molar refractivity (Wildman–Crippen MR) is 120 cm³/mol. The van der Waals surface area contributed by atoms with Crippen molar-refractivity contribution < 1.29 is 28.4 Å². The number of likely N-dealkylation sites (tertiary alicyclic amines) is 1. The highest BCUT2D eigenvalue weighted by Crippen LogP contribution is 2.54. The van der Waals surface area contributed by atoms with Crippen LogP contribution in [0.5, 0.6) is 34.5 Å². The van der Waals surface area contributed by atoms with Crippen molar-refractivity contribution >= 4 is 0 Å². The van der Waals surface area contributed by atoms with Gasteiger partial charge in [-0.25, -0.2) is 0 Å². The van der Waals surface area contributed by atoms with Crippen LogP contribution in [0, 0.1) is 5.92 Å². The minimum absolute atomic E-state index is 0.0348. The van der Waals surface area contributed by atoms with Crippen molar-refractivity contribution in [2.75, 3.05) is 41.2 Å². The summed E-state index contributed by atoms with van der Waals surface area (Å²) in [6.45, 7) is 6.76. The lowest BCUT2D eigenvalue weighted by molar-refractivity contribution is -0.114. The van der Waals surface area contributed by atoms with Crippen molar-refractivity contribution in [1.82, 2.24) is 4.90 Å². The van der Waals surface area contributed by atoms with E-state index in [1.54, 1.807) is 21.3 Å². The van der Waals surface area contributed by atoms with Crippen LogP contribution < -0.4 is 28.4 Å². The molecule has 0 unspecified atom stereocenters. The van der Waals surface area contributed by atoms with Gasteiger partial charge in [-0.3, -0.25) is 4.90 Å². The van der Waals surface area contributed by atoms with Crippen molar-refractivity contribution in [3.8, 4) is 34.5 Å². The molecule has 1 saturated heterocycles. The number of benzene rings is 2. The van der Waals surface area contributed by atoms with Gasteiger partial charge in [-0.1, -0.05) is 6.92 Å². The number of nitrogens with zero attached hydrogens (tertiary/aromatic N) is 1. The van der Waals surface area contributed by atoms with Crippen LogP contribution in [0.25, 0.3) is 0 Å². The molecule has 0 saturated carbocycles. The number of hydrogen-bond acceptors (Lipinski definition) is 7. The minimum atomic E-state index is -0.456. The maximum absolute atomic E-state index is 6.75. The van der Waals surface area contributed by atoms with Crippen LogP contribution >= 0.6 is 0 Å². The third-order valence-electron chi connectivity index (χ3n) is 7.28. The average molecular weight is 442 g/mol. The summed E-state index contributed by atoms with van der Waals surface area (Å²) in [4.78, 5) is 2.47. The van der Waals surface area contributed by atoms with Gasteiger partial charge in [0.15, 0.2) is 28.7 Å². The largest absolute Gasteiger partial charge is 0.493 e. The Hall–Kier alpha value is -2.80. The van der Waals surface area contributed by atoms with Gasteiger partial charge < -0.3 is 28.4 Å². The average Bonchev–Trinajstić information content (AvgIpc) is 3.50. The standard InChI is InChI=1S/C25H31NO6/c1-15-23(16-10-21(27-3)24(29-5)22(11-16)28-4)17-12-19-20(31-14-30-19)13-18(17)32-25(15,2)26-8-6-7-9-26/h10-13,15,23H,6-9,14H2,1-5H3/t15-,23-,25-/m1/s1. The second kappa shape index (κ2) is 7.96. The molecule has 7 heteroatoms. The van der Waals surface area contributed by atoms with Crippen molar-refractivity contribution in [1.29, 1.82) is 0 Å². The molecule has 2 aromatic rings. The van der Waals surface area contributed by atoms with Gasteiger partial charge in [0.25, 0.3) is 0 Å². The quantitative estimate of drug-likeness (QED) is 0.681. The van der Waals surface area contributed by atoms with E-state index in [9.17, 15) is 0 Å². The van der Waals surface area contributed by atoms with Crippen LogP contribution in [-0.4, -0.2) is 51.8 Å². The Bertz CT molecular complexity index is 993. The molecule has 3 atom stereocenters. The molecule has 0 aromatic heterocycles. The fraction of sp³-hybridized carbons (Fsp3) is 0.520. The van der Waals surface area contributed by atoms with Crippen LogP contribution in [0.3, 0.4) is 0 Å². The zero-order valence-electron chi connectivity index (χ0n) is 19.4. The first-order valence-electron chi connectivity index (χ1n) is 11.2. The van der Waals surface area contributed by atoms with Gasteiger partial charge in [0.2, 0.25) is 12.5 Å². The van der Waals surface area contributed by atoms with Crippen LogP contribution in [0.1, 0.15) is 43.7 Å². The maximum Gasteiger partial charge on any atom is 0.231 e. The van der Waals surface area contributed by atoms with Gasteiger partial charge in [-0.2, -0.15) is 0 Å². The molecule has 3 aliphatic heterocycles. The zero-order valence-corrected chi connectivity index (χ0v) is 19.4. The number of ether oxygens (including phenoxy) is 6. The molecule has 0 spiro atoms. The van der Waals surface area contributed by atoms with E-state index in [4.69, 9.17) is 28.4 Å². The SMILES string of the molecule is COc1cc([C@@H]2c3cc4c(cc3O[C@@](C)(N3CCCC3)[C@@H]2C)OCO4)cc(OC)c1OC. The van der Waals surface area contributed by atoms with E-state index in [0.29, 0.717) is 17.2 Å². The Morgan fingerprint density at radius 3 is 2.09 bits per heavy atom. The van der Waals surface area contributed by atoms with Gasteiger partial charge >= 0.3 is 0 Å².